The molecule has 1 aromatic carbocycles. The molecule has 0 bridgehead atoms. The Balaban J connectivity index is 3.28. The molecule has 0 spiro atoms. The molecule has 1 atom stereocenters. The number of nitrogens with zero attached hydrogens (tertiary/aromatic N) is 1. The molecule has 1 N–H and O–H groups in total. The number of aliphatic carboxylic acids is 1. The Morgan fingerprint density at radius 3 is 2.38 bits per heavy atom. The highest BCUT2D eigenvalue weighted by Crippen LogP contribution is 2.34. The van der Waals surface area contributed by atoms with Crippen LogP contribution in [0.4, 0.5) is 0 Å². The van der Waals surface area contributed by atoms with Gasteiger partial charge in [0.15, 0.2) is 0 Å². The molecule has 0 saturated heterocycles. The summed E-state index contributed by atoms with van der Waals surface area (Å²) in [5.74, 6) is -0.675. The van der Waals surface area contributed by atoms with E-state index in [0.29, 0.717) is 22.4 Å². The summed E-state index contributed by atoms with van der Waals surface area (Å²) in [4.78, 5) is 24.9. The Morgan fingerprint density at radius 1 is 1.33 bits per heavy atom. The van der Waals surface area contributed by atoms with E-state index < -0.39 is 17.9 Å². The SMILES string of the molecule is CCC(C(=O)O)N(C)C(=O)c1cc(OC)cc(Br)c1OC. The second kappa shape index (κ2) is 7.31. The second-order valence-corrected chi connectivity index (χ2v) is 5.22. The van der Waals surface area contributed by atoms with Crippen molar-refractivity contribution < 1.29 is 24.2 Å². The Morgan fingerprint density at radius 2 is 1.95 bits per heavy atom. The molecule has 21 heavy (non-hydrogen) atoms. The zero-order valence-corrected chi connectivity index (χ0v) is 13.9. The molecular weight excluding hydrogens is 342 g/mol. The fraction of sp³-hybridized carbons (Fsp3) is 0.429. The van der Waals surface area contributed by atoms with Gasteiger partial charge >= 0.3 is 5.97 Å². The lowest BCUT2D eigenvalue weighted by molar-refractivity contribution is -0.142. The van der Waals surface area contributed by atoms with Gasteiger partial charge in [0.05, 0.1) is 24.3 Å². The van der Waals surface area contributed by atoms with Crippen molar-refractivity contribution >= 4 is 27.8 Å². The summed E-state index contributed by atoms with van der Waals surface area (Å²) in [7, 11) is 4.38. The molecule has 0 aliphatic heterocycles. The van der Waals surface area contributed by atoms with Crippen molar-refractivity contribution in [2.45, 2.75) is 19.4 Å². The first-order chi connectivity index (χ1) is 9.87. The summed E-state index contributed by atoms with van der Waals surface area (Å²) < 4.78 is 10.9. The summed E-state index contributed by atoms with van der Waals surface area (Å²) in [6, 6.07) is 2.30. The third-order valence-corrected chi connectivity index (χ3v) is 3.74. The highest BCUT2D eigenvalue weighted by Gasteiger charge is 2.28. The maximum Gasteiger partial charge on any atom is 0.326 e. The Kier molecular flexibility index (Phi) is 6.02. The number of benzene rings is 1. The van der Waals surface area contributed by atoms with E-state index in [4.69, 9.17) is 14.6 Å². The number of hydrogen-bond acceptors (Lipinski definition) is 4. The molecule has 1 amide bonds. The van der Waals surface area contributed by atoms with Crippen LogP contribution < -0.4 is 9.47 Å². The molecular formula is C14H18BrNO5. The van der Waals surface area contributed by atoms with Gasteiger partial charge in [0.2, 0.25) is 0 Å². The average molecular weight is 360 g/mol. The number of amides is 1. The largest absolute Gasteiger partial charge is 0.497 e. The lowest BCUT2D eigenvalue weighted by Crippen LogP contribution is -2.42. The van der Waals surface area contributed by atoms with Gasteiger partial charge in [-0.2, -0.15) is 0 Å². The first-order valence-electron chi connectivity index (χ1n) is 6.28. The molecule has 0 radical (unpaired) electrons. The Hall–Kier alpha value is -1.76. The van der Waals surface area contributed by atoms with E-state index in [9.17, 15) is 9.59 Å². The number of methoxy groups -OCH3 is 2. The number of carboxylic acid groups (broad SMARTS) is 1. The predicted molar refractivity (Wildman–Crippen MR) is 81.1 cm³/mol. The van der Waals surface area contributed by atoms with Crippen LogP contribution in [0.3, 0.4) is 0 Å². The van der Waals surface area contributed by atoms with Gasteiger partial charge in [-0.1, -0.05) is 6.92 Å². The third-order valence-electron chi connectivity index (χ3n) is 3.15. The van der Waals surface area contributed by atoms with Crippen LogP contribution in [0.15, 0.2) is 16.6 Å². The van der Waals surface area contributed by atoms with Gasteiger partial charge in [0, 0.05) is 7.05 Å². The minimum absolute atomic E-state index is 0.242. The summed E-state index contributed by atoms with van der Waals surface area (Å²) in [6.07, 6.45) is 0.311. The predicted octanol–water partition coefficient (Wildman–Crippen LogP) is 2.40. The number of carboxylic acids is 1. The number of carbonyl (C=O) groups is 2. The molecule has 7 heteroatoms. The summed E-state index contributed by atoms with van der Waals surface area (Å²) in [6.45, 7) is 1.71. The maximum atomic E-state index is 12.6. The number of rotatable bonds is 6. The van der Waals surface area contributed by atoms with E-state index in [1.54, 1.807) is 13.0 Å². The van der Waals surface area contributed by atoms with Gasteiger partial charge in [-0.05, 0) is 34.5 Å². The zero-order chi connectivity index (χ0) is 16.2. The van der Waals surface area contributed by atoms with Gasteiger partial charge in [-0.25, -0.2) is 4.79 Å². The molecule has 0 heterocycles. The van der Waals surface area contributed by atoms with Crippen LogP contribution in [-0.2, 0) is 4.79 Å². The molecule has 0 saturated carbocycles. The van der Waals surface area contributed by atoms with Crippen molar-refractivity contribution in [3.63, 3.8) is 0 Å². The van der Waals surface area contributed by atoms with Crippen LogP contribution >= 0.6 is 15.9 Å². The van der Waals surface area contributed by atoms with Gasteiger partial charge in [0.1, 0.15) is 17.5 Å². The molecule has 6 nitrogen and oxygen atoms in total. The average Bonchev–Trinajstić information content (AvgIpc) is 2.45. The number of likely N-dealkylation sites (N-methyl/N-ethyl adjacent to an activating group) is 1. The normalized spacial score (nSPS) is 11.7. The zero-order valence-electron chi connectivity index (χ0n) is 12.3. The first-order valence-corrected chi connectivity index (χ1v) is 7.08. The van der Waals surface area contributed by atoms with E-state index in [-0.39, 0.29) is 5.56 Å². The lowest BCUT2D eigenvalue weighted by Gasteiger charge is -2.25. The number of ether oxygens (including phenoxy) is 2. The highest BCUT2D eigenvalue weighted by atomic mass is 79.9. The van der Waals surface area contributed by atoms with E-state index >= 15 is 0 Å². The van der Waals surface area contributed by atoms with E-state index in [2.05, 4.69) is 15.9 Å². The number of carbonyl (C=O) groups excluding carboxylic acids is 1. The minimum Gasteiger partial charge on any atom is -0.497 e. The van der Waals surface area contributed by atoms with E-state index in [1.807, 2.05) is 0 Å². The molecule has 1 unspecified atom stereocenters. The fourth-order valence-corrected chi connectivity index (χ4v) is 2.60. The van der Waals surface area contributed by atoms with Crippen LogP contribution in [-0.4, -0.2) is 49.2 Å². The van der Waals surface area contributed by atoms with Gasteiger partial charge in [0.25, 0.3) is 5.91 Å². The van der Waals surface area contributed by atoms with Crippen LogP contribution in [0.25, 0.3) is 0 Å². The molecule has 116 valence electrons. The quantitative estimate of drug-likeness (QED) is 0.843. The molecule has 0 aliphatic rings. The van der Waals surface area contributed by atoms with Crippen LogP contribution in [0, 0.1) is 0 Å². The van der Waals surface area contributed by atoms with Crippen molar-refractivity contribution in [3.8, 4) is 11.5 Å². The summed E-state index contributed by atoms with van der Waals surface area (Å²) >= 11 is 3.31. The summed E-state index contributed by atoms with van der Waals surface area (Å²) in [5, 5.41) is 9.16. The molecule has 0 fully saturated rings. The number of hydrogen-bond donors (Lipinski definition) is 1. The molecule has 0 aromatic heterocycles. The maximum absolute atomic E-state index is 12.6. The van der Waals surface area contributed by atoms with Crippen molar-refractivity contribution in [2.75, 3.05) is 21.3 Å². The fourth-order valence-electron chi connectivity index (χ4n) is 2.00. The smallest absolute Gasteiger partial charge is 0.326 e. The van der Waals surface area contributed by atoms with Crippen molar-refractivity contribution in [2.24, 2.45) is 0 Å². The standard InChI is InChI=1S/C14H18BrNO5/c1-5-11(14(18)19)16(2)13(17)9-6-8(20-3)7-10(15)12(9)21-4/h6-7,11H,5H2,1-4H3,(H,18,19). The van der Waals surface area contributed by atoms with Gasteiger partial charge in [-0.15, -0.1) is 0 Å². The molecule has 1 rings (SSSR count). The van der Waals surface area contributed by atoms with E-state index in [0.717, 1.165) is 0 Å². The number of halogens is 1. The minimum atomic E-state index is -1.05. The Labute approximate surface area is 131 Å². The van der Waals surface area contributed by atoms with Crippen molar-refractivity contribution in [3.05, 3.63) is 22.2 Å². The van der Waals surface area contributed by atoms with Crippen LogP contribution in [0.1, 0.15) is 23.7 Å². The molecule has 0 aliphatic carbocycles. The molecule has 1 aromatic rings. The van der Waals surface area contributed by atoms with Crippen LogP contribution in [0.2, 0.25) is 0 Å². The third kappa shape index (κ3) is 3.66. The van der Waals surface area contributed by atoms with Crippen LogP contribution in [0.5, 0.6) is 11.5 Å². The highest BCUT2D eigenvalue weighted by molar-refractivity contribution is 9.10. The Bertz CT molecular complexity index is 546. The lowest BCUT2D eigenvalue weighted by atomic mass is 10.1. The topological polar surface area (TPSA) is 76.1 Å². The monoisotopic (exact) mass is 359 g/mol. The second-order valence-electron chi connectivity index (χ2n) is 4.37. The van der Waals surface area contributed by atoms with Crippen molar-refractivity contribution in [1.29, 1.82) is 0 Å². The van der Waals surface area contributed by atoms with E-state index in [1.165, 1.54) is 32.2 Å². The van der Waals surface area contributed by atoms with Gasteiger partial charge in [-0.3, -0.25) is 4.79 Å². The summed E-state index contributed by atoms with van der Waals surface area (Å²) in [5.41, 5.74) is 0.242. The van der Waals surface area contributed by atoms with Gasteiger partial charge < -0.3 is 19.5 Å². The van der Waals surface area contributed by atoms with Crippen molar-refractivity contribution in [1.82, 2.24) is 4.90 Å². The first kappa shape index (κ1) is 17.3.